The van der Waals surface area contributed by atoms with Crippen molar-refractivity contribution in [2.45, 2.75) is 6.92 Å². The molecule has 0 bridgehead atoms. The minimum atomic E-state index is -1.15. The summed E-state index contributed by atoms with van der Waals surface area (Å²) in [5, 5.41) is 11.5. The van der Waals surface area contributed by atoms with E-state index >= 15 is 0 Å². The molecule has 0 fully saturated rings. The quantitative estimate of drug-likeness (QED) is 0.446. The molecule has 1 aromatic heterocycles. The lowest BCUT2D eigenvalue weighted by molar-refractivity contribution is 0.0989. The zero-order valence-electron chi connectivity index (χ0n) is 7.90. The van der Waals surface area contributed by atoms with Gasteiger partial charge < -0.3 is 16.3 Å². The van der Waals surface area contributed by atoms with Crippen molar-refractivity contribution in [2.75, 3.05) is 11.9 Å². The first kappa shape index (κ1) is 10.8. The Morgan fingerprint density at radius 2 is 2.20 bits per heavy atom. The number of carbonyl (C=O) groups is 1. The molecule has 1 amide bonds. The highest BCUT2D eigenvalue weighted by molar-refractivity contribution is 5.97. The van der Waals surface area contributed by atoms with Crippen molar-refractivity contribution >= 4 is 11.7 Å². The maximum absolute atomic E-state index is 11.3. The molecule has 1 rings (SSSR count). The predicted octanol–water partition coefficient (Wildman–Crippen LogP) is -1.70. The fourth-order valence-electron chi connectivity index (χ4n) is 1.07. The number of nitrogens with one attached hydrogen (secondary N) is 2. The van der Waals surface area contributed by atoms with Gasteiger partial charge in [0.25, 0.3) is 5.91 Å². The number of primary amides is 1. The third kappa shape index (κ3) is 1.82. The highest BCUT2D eigenvalue weighted by Crippen LogP contribution is 2.02. The Morgan fingerprint density at radius 3 is 2.67 bits per heavy atom. The molecule has 0 spiro atoms. The fraction of sp³-hybridized carbons (Fsp3) is 0.286. The lowest BCUT2D eigenvalue weighted by atomic mass is 10.3. The molecule has 8 heteroatoms. The van der Waals surface area contributed by atoms with Gasteiger partial charge in [-0.25, -0.2) is 4.79 Å². The van der Waals surface area contributed by atoms with Gasteiger partial charge in [-0.05, 0) is 6.92 Å². The minimum absolute atomic E-state index is 0.0923. The summed E-state index contributed by atoms with van der Waals surface area (Å²) in [5.41, 5.74) is 2.26. The van der Waals surface area contributed by atoms with Gasteiger partial charge in [0.1, 0.15) is 11.4 Å². The Balaban J connectivity index is 3.58. The van der Waals surface area contributed by atoms with Gasteiger partial charge in [0.15, 0.2) is 0 Å². The molecule has 15 heavy (non-hydrogen) atoms. The van der Waals surface area contributed by atoms with E-state index in [2.05, 4.69) is 10.3 Å². The first-order chi connectivity index (χ1) is 6.99. The van der Waals surface area contributed by atoms with Crippen LogP contribution in [-0.4, -0.2) is 27.4 Å². The number of hydrogen-bond acceptors (Lipinski definition) is 5. The molecule has 0 aliphatic carbocycles. The van der Waals surface area contributed by atoms with Crippen LogP contribution in [0.1, 0.15) is 17.3 Å². The van der Waals surface area contributed by atoms with Crippen LogP contribution in [0.4, 0.5) is 5.82 Å². The van der Waals surface area contributed by atoms with Crippen LogP contribution in [0.15, 0.2) is 9.59 Å². The third-order valence-corrected chi connectivity index (χ3v) is 1.68. The number of aromatic amines is 1. The van der Waals surface area contributed by atoms with Gasteiger partial charge in [0.2, 0.25) is 0 Å². The summed E-state index contributed by atoms with van der Waals surface area (Å²) in [6, 6.07) is 0. The summed E-state index contributed by atoms with van der Waals surface area (Å²) in [5.74, 6) is -1.12. The van der Waals surface area contributed by atoms with Crippen molar-refractivity contribution in [3.05, 3.63) is 26.4 Å². The summed E-state index contributed by atoms with van der Waals surface area (Å²) < 4.78 is -0.207. The Hall–Kier alpha value is -2.25. The molecule has 0 unspecified atom stereocenters. The number of H-pyrrole nitrogens is 1. The second-order valence-electron chi connectivity index (χ2n) is 2.69. The van der Waals surface area contributed by atoms with Gasteiger partial charge in [0.05, 0.1) is 0 Å². The molecule has 0 aliphatic rings. The Morgan fingerprint density at radius 1 is 1.60 bits per heavy atom. The van der Waals surface area contributed by atoms with Crippen LogP contribution in [-0.2, 0) is 0 Å². The van der Waals surface area contributed by atoms with Gasteiger partial charge >= 0.3 is 11.2 Å². The SMILES string of the molecule is CCNc1[nH]c(=O)n(O)c(=O)c1C(N)=O. The molecule has 1 aromatic rings. The third-order valence-electron chi connectivity index (χ3n) is 1.68. The maximum Gasteiger partial charge on any atom is 0.363 e. The van der Waals surface area contributed by atoms with E-state index in [1.807, 2.05) is 0 Å². The number of nitrogens with two attached hydrogens (primary N) is 1. The first-order valence-electron chi connectivity index (χ1n) is 4.11. The van der Waals surface area contributed by atoms with E-state index in [9.17, 15) is 14.4 Å². The monoisotopic (exact) mass is 214 g/mol. The van der Waals surface area contributed by atoms with Gasteiger partial charge in [-0.15, -0.1) is 0 Å². The van der Waals surface area contributed by atoms with Crippen molar-refractivity contribution in [3.63, 3.8) is 0 Å². The average Bonchev–Trinajstić information content (AvgIpc) is 2.14. The largest absolute Gasteiger partial charge is 0.421 e. The number of anilines is 1. The smallest absolute Gasteiger partial charge is 0.363 e. The second kappa shape index (κ2) is 3.86. The van der Waals surface area contributed by atoms with Crippen LogP contribution < -0.4 is 22.3 Å². The van der Waals surface area contributed by atoms with Crippen LogP contribution in [0.2, 0.25) is 0 Å². The van der Waals surface area contributed by atoms with E-state index in [1.165, 1.54) is 0 Å². The van der Waals surface area contributed by atoms with E-state index in [1.54, 1.807) is 6.92 Å². The second-order valence-corrected chi connectivity index (χ2v) is 2.69. The summed E-state index contributed by atoms with van der Waals surface area (Å²) in [7, 11) is 0. The Kier molecular flexibility index (Phi) is 2.79. The molecule has 82 valence electrons. The van der Waals surface area contributed by atoms with Crippen LogP contribution in [0.25, 0.3) is 0 Å². The van der Waals surface area contributed by atoms with Crippen molar-refractivity contribution in [1.82, 2.24) is 9.71 Å². The van der Waals surface area contributed by atoms with Gasteiger partial charge in [-0.2, -0.15) is 0 Å². The topological polar surface area (TPSA) is 130 Å². The van der Waals surface area contributed by atoms with E-state index in [-0.39, 0.29) is 10.5 Å². The van der Waals surface area contributed by atoms with Gasteiger partial charge in [-0.1, -0.05) is 4.73 Å². The molecule has 1 heterocycles. The summed E-state index contributed by atoms with van der Waals surface area (Å²) in [6.45, 7) is 2.08. The number of aromatic nitrogens is 2. The standard InChI is InChI=1S/C7H10N4O4/c1-2-9-5-3(4(8)12)6(13)11(15)7(14)10-5/h9,15H,2H2,1H3,(H2,8,12)(H,10,14). The minimum Gasteiger partial charge on any atom is -0.421 e. The predicted molar refractivity (Wildman–Crippen MR) is 51.2 cm³/mol. The average molecular weight is 214 g/mol. The summed E-state index contributed by atoms with van der Waals surface area (Å²) >= 11 is 0. The molecular formula is C7H10N4O4. The zero-order chi connectivity index (χ0) is 11.6. The number of carbonyl (C=O) groups excluding carboxylic acids is 1. The molecule has 0 saturated heterocycles. The van der Waals surface area contributed by atoms with Crippen molar-refractivity contribution in [3.8, 4) is 0 Å². The Labute approximate surface area is 83.3 Å². The van der Waals surface area contributed by atoms with E-state index in [0.717, 1.165) is 0 Å². The Bertz CT molecular complexity index is 501. The van der Waals surface area contributed by atoms with E-state index < -0.39 is 22.7 Å². The number of amides is 1. The van der Waals surface area contributed by atoms with E-state index in [4.69, 9.17) is 10.9 Å². The van der Waals surface area contributed by atoms with Crippen molar-refractivity contribution < 1.29 is 10.0 Å². The molecule has 0 atom stereocenters. The van der Waals surface area contributed by atoms with Crippen molar-refractivity contribution in [1.29, 1.82) is 0 Å². The molecule has 5 N–H and O–H groups in total. The lowest BCUT2D eigenvalue weighted by Gasteiger charge is -2.07. The maximum atomic E-state index is 11.3. The molecule has 0 aliphatic heterocycles. The summed E-state index contributed by atoms with van der Waals surface area (Å²) in [6.07, 6.45) is 0. The molecule has 8 nitrogen and oxygen atoms in total. The van der Waals surface area contributed by atoms with Gasteiger partial charge in [-0.3, -0.25) is 14.6 Å². The molecule has 0 radical (unpaired) electrons. The highest BCUT2D eigenvalue weighted by atomic mass is 16.5. The normalized spacial score (nSPS) is 9.93. The zero-order valence-corrected chi connectivity index (χ0v) is 7.90. The van der Waals surface area contributed by atoms with Crippen LogP contribution in [0.5, 0.6) is 0 Å². The van der Waals surface area contributed by atoms with E-state index in [0.29, 0.717) is 6.54 Å². The van der Waals surface area contributed by atoms with Gasteiger partial charge in [0, 0.05) is 6.54 Å². The first-order valence-corrected chi connectivity index (χ1v) is 4.11. The molecule has 0 aromatic carbocycles. The van der Waals surface area contributed by atoms with Crippen LogP contribution in [0, 0.1) is 0 Å². The van der Waals surface area contributed by atoms with Crippen LogP contribution in [0.3, 0.4) is 0 Å². The fourth-order valence-corrected chi connectivity index (χ4v) is 1.07. The van der Waals surface area contributed by atoms with Crippen molar-refractivity contribution in [2.24, 2.45) is 5.73 Å². The number of rotatable bonds is 3. The highest BCUT2D eigenvalue weighted by Gasteiger charge is 2.17. The molecule has 0 saturated carbocycles. The van der Waals surface area contributed by atoms with Crippen LogP contribution >= 0.6 is 0 Å². The molecular weight excluding hydrogens is 204 g/mol. The number of nitrogens with zero attached hydrogens (tertiary/aromatic N) is 1. The summed E-state index contributed by atoms with van der Waals surface area (Å²) in [4.78, 5) is 35.3. The number of hydrogen-bond donors (Lipinski definition) is 4. The lowest BCUT2D eigenvalue weighted by Crippen LogP contribution is -2.39.